The largest absolute Gasteiger partial charge is 0.359 e. The van der Waals surface area contributed by atoms with Gasteiger partial charge in [0.1, 0.15) is 0 Å². The second-order valence-corrected chi connectivity index (χ2v) is 3.97. The molecule has 14 heavy (non-hydrogen) atoms. The maximum atomic E-state index is 7.72. The molecule has 0 amide bonds. The molecule has 1 aliphatic heterocycles. The summed E-state index contributed by atoms with van der Waals surface area (Å²) in [7, 11) is 0. The van der Waals surface area contributed by atoms with E-state index < -0.39 is 0 Å². The van der Waals surface area contributed by atoms with Crippen molar-refractivity contribution in [3.05, 3.63) is 0 Å². The van der Waals surface area contributed by atoms with E-state index in [1.165, 1.54) is 19.4 Å². The molecule has 0 spiro atoms. The van der Waals surface area contributed by atoms with Gasteiger partial charge in [-0.1, -0.05) is 13.8 Å². The topological polar surface area (TPSA) is 30.3 Å². The smallest absolute Gasteiger partial charge is 0.0958 e. The van der Waals surface area contributed by atoms with Crippen molar-refractivity contribution in [2.75, 3.05) is 32.7 Å². The lowest BCUT2D eigenvalue weighted by atomic mass is 10.4. The van der Waals surface area contributed by atoms with Crippen LogP contribution in [0.1, 0.15) is 33.1 Å². The molecule has 3 heteroatoms. The Hall–Kier alpha value is -0.570. The highest BCUT2D eigenvalue weighted by Gasteiger charge is 2.16. The summed E-state index contributed by atoms with van der Waals surface area (Å²) in [6.07, 6.45) is 3.39. The third kappa shape index (κ3) is 3.29. The standard InChI is InChI=1S/C11H23N3/c1-3-7-13(4-2)9-10-14-8-5-6-11(14)12/h12H,3-10H2,1-2H3. The fourth-order valence-electron chi connectivity index (χ4n) is 1.98. The van der Waals surface area contributed by atoms with Gasteiger partial charge in [-0.3, -0.25) is 5.41 Å². The lowest BCUT2D eigenvalue weighted by Gasteiger charge is -2.24. The van der Waals surface area contributed by atoms with Gasteiger partial charge in [-0.05, 0) is 25.9 Å². The Morgan fingerprint density at radius 3 is 2.64 bits per heavy atom. The Labute approximate surface area is 87.6 Å². The predicted molar refractivity (Wildman–Crippen MR) is 60.9 cm³/mol. The number of hydrogen-bond acceptors (Lipinski definition) is 2. The summed E-state index contributed by atoms with van der Waals surface area (Å²) in [5.41, 5.74) is 0. The number of nitrogens with one attached hydrogen (secondary N) is 1. The summed E-state index contributed by atoms with van der Waals surface area (Å²) >= 11 is 0. The van der Waals surface area contributed by atoms with Gasteiger partial charge in [0.05, 0.1) is 5.84 Å². The molecule has 0 aromatic carbocycles. The van der Waals surface area contributed by atoms with E-state index in [2.05, 4.69) is 23.6 Å². The van der Waals surface area contributed by atoms with Gasteiger partial charge >= 0.3 is 0 Å². The van der Waals surface area contributed by atoms with Crippen molar-refractivity contribution in [1.82, 2.24) is 9.80 Å². The molecular formula is C11H23N3. The van der Waals surface area contributed by atoms with Crippen LogP contribution in [0, 0.1) is 5.41 Å². The highest BCUT2D eigenvalue weighted by Crippen LogP contribution is 2.09. The molecule has 0 atom stereocenters. The second kappa shape index (κ2) is 6.02. The Kier molecular flexibility index (Phi) is 4.94. The van der Waals surface area contributed by atoms with Crippen LogP contribution >= 0.6 is 0 Å². The molecule has 1 rings (SSSR count). The summed E-state index contributed by atoms with van der Waals surface area (Å²) in [5, 5.41) is 7.72. The van der Waals surface area contributed by atoms with Crippen molar-refractivity contribution in [1.29, 1.82) is 5.41 Å². The molecular weight excluding hydrogens is 174 g/mol. The maximum absolute atomic E-state index is 7.72. The van der Waals surface area contributed by atoms with Gasteiger partial charge in [0.2, 0.25) is 0 Å². The number of hydrogen-bond donors (Lipinski definition) is 1. The van der Waals surface area contributed by atoms with Crippen molar-refractivity contribution in [3.8, 4) is 0 Å². The van der Waals surface area contributed by atoms with Crippen LogP contribution < -0.4 is 0 Å². The summed E-state index contributed by atoms with van der Waals surface area (Å²) < 4.78 is 0. The zero-order valence-corrected chi connectivity index (χ0v) is 9.55. The molecule has 0 aromatic rings. The van der Waals surface area contributed by atoms with E-state index >= 15 is 0 Å². The van der Waals surface area contributed by atoms with Gasteiger partial charge in [0, 0.05) is 26.1 Å². The van der Waals surface area contributed by atoms with E-state index in [0.29, 0.717) is 0 Å². The molecule has 3 nitrogen and oxygen atoms in total. The van der Waals surface area contributed by atoms with Crippen LogP contribution in [0.2, 0.25) is 0 Å². The number of rotatable bonds is 6. The molecule has 1 heterocycles. The van der Waals surface area contributed by atoms with Crippen molar-refractivity contribution >= 4 is 5.84 Å². The predicted octanol–water partition coefficient (Wildman–Crippen LogP) is 1.79. The van der Waals surface area contributed by atoms with Crippen LogP contribution in [0.4, 0.5) is 0 Å². The average Bonchev–Trinajstić information content (AvgIpc) is 2.59. The molecule has 0 aliphatic carbocycles. The van der Waals surface area contributed by atoms with Crippen molar-refractivity contribution in [3.63, 3.8) is 0 Å². The highest BCUT2D eigenvalue weighted by atomic mass is 15.2. The molecule has 82 valence electrons. The van der Waals surface area contributed by atoms with Crippen LogP contribution in [0.5, 0.6) is 0 Å². The van der Waals surface area contributed by atoms with Crippen LogP contribution in [-0.2, 0) is 0 Å². The average molecular weight is 197 g/mol. The third-order valence-electron chi connectivity index (χ3n) is 2.90. The second-order valence-electron chi connectivity index (χ2n) is 3.97. The van der Waals surface area contributed by atoms with E-state index in [1.54, 1.807) is 0 Å². The molecule has 0 aromatic heterocycles. The van der Waals surface area contributed by atoms with E-state index in [9.17, 15) is 0 Å². The molecule has 0 bridgehead atoms. The number of likely N-dealkylation sites (N-methyl/N-ethyl adjacent to an activating group) is 1. The normalized spacial score (nSPS) is 17.1. The first-order valence-corrected chi connectivity index (χ1v) is 5.82. The maximum Gasteiger partial charge on any atom is 0.0958 e. The fourth-order valence-corrected chi connectivity index (χ4v) is 1.98. The summed E-state index contributed by atoms with van der Waals surface area (Å²) in [6, 6.07) is 0. The summed E-state index contributed by atoms with van der Waals surface area (Å²) in [4.78, 5) is 4.68. The lowest BCUT2D eigenvalue weighted by Crippen LogP contribution is -2.35. The lowest BCUT2D eigenvalue weighted by molar-refractivity contribution is 0.261. The van der Waals surface area contributed by atoms with E-state index in [-0.39, 0.29) is 0 Å². The van der Waals surface area contributed by atoms with Gasteiger partial charge < -0.3 is 9.80 Å². The van der Waals surface area contributed by atoms with Gasteiger partial charge in [-0.2, -0.15) is 0 Å². The van der Waals surface area contributed by atoms with Crippen LogP contribution in [0.25, 0.3) is 0 Å². The summed E-state index contributed by atoms with van der Waals surface area (Å²) in [6.45, 7) is 10.0. The minimum absolute atomic E-state index is 0.845. The quantitative estimate of drug-likeness (QED) is 0.703. The van der Waals surface area contributed by atoms with E-state index in [0.717, 1.165) is 38.4 Å². The highest BCUT2D eigenvalue weighted by molar-refractivity contribution is 5.80. The van der Waals surface area contributed by atoms with Gasteiger partial charge in [0.25, 0.3) is 0 Å². The SMILES string of the molecule is CCCN(CC)CCN1CCCC1=N. The van der Waals surface area contributed by atoms with Crippen LogP contribution in [-0.4, -0.2) is 48.4 Å². The first-order chi connectivity index (χ1) is 6.77. The first-order valence-electron chi connectivity index (χ1n) is 5.82. The minimum Gasteiger partial charge on any atom is -0.359 e. The minimum atomic E-state index is 0.845. The molecule has 0 radical (unpaired) electrons. The molecule has 1 aliphatic rings. The van der Waals surface area contributed by atoms with Crippen LogP contribution in [0.3, 0.4) is 0 Å². The molecule has 1 saturated heterocycles. The van der Waals surface area contributed by atoms with Crippen LogP contribution in [0.15, 0.2) is 0 Å². The van der Waals surface area contributed by atoms with E-state index in [4.69, 9.17) is 5.41 Å². The number of likely N-dealkylation sites (tertiary alicyclic amines) is 1. The monoisotopic (exact) mass is 197 g/mol. The van der Waals surface area contributed by atoms with Crippen molar-refractivity contribution in [2.24, 2.45) is 0 Å². The van der Waals surface area contributed by atoms with Crippen molar-refractivity contribution < 1.29 is 0 Å². The molecule has 1 fully saturated rings. The zero-order chi connectivity index (χ0) is 10.4. The Bertz CT molecular complexity index is 179. The van der Waals surface area contributed by atoms with Gasteiger partial charge in [0.15, 0.2) is 0 Å². The Balaban J connectivity index is 2.20. The summed E-state index contributed by atoms with van der Waals surface area (Å²) in [5.74, 6) is 0.845. The number of amidine groups is 1. The first kappa shape index (κ1) is 11.5. The Morgan fingerprint density at radius 1 is 1.36 bits per heavy atom. The fraction of sp³-hybridized carbons (Fsp3) is 0.909. The third-order valence-corrected chi connectivity index (χ3v) is 2.90. The zero-order valence-electron chi connectivity index (χ0n) is 9.55. The molecule has 0 unspecified atom stereocenters. The number of nitrogens with zero attached hydrogens (tertiary/aromatic N) is 2. The molecule has 1 N–H and O–H groups in total. The van der Waals surface area contributed by atoms with Gasteiger partial charge in [-0.15, -0.1) is 0 Å². The van der Waals surface area contributed by atoms with Crippen molar-refractivity contribution in [2.45, 2.75) is 33.1 Å². The van der Waals surface area contributed by atoms with E-state index in [1.807, 2.05) is 0 Å². The van der Waals surface area contributed by atoms with Gasteiger partial charge in [-0.25, -0.2) is 0 Å². The molecule has 0 saturated carbocycles. The Morgan fingerprint density at radius 2 is 2.14 bits per heavy atom.